The molecule has 0 radical (unpaired) electrons. The van der Waals surface area contributed by atoms with Gasteiger partial charge in [0.15, 0.2) is 0 Å². The normalized spacial score (nSPS) is 10.7. The lowest BCUT2D eigenvalue weighted by Gasteiger charge is -2.08. The topological polar surface area (TPSA) is 89.5 Å². The molecule has 3 aromatic rings. The highest BCUT2D eigenvalue weighted by molar-refractivity contribution is 5.59. The van der Waals surface area contributed by atoms with E-state index in [0.717, 1.165) is 4.40 Å². The predicted molar refractivity (Wildman–Crippen MR) is 86.7 cm³/mol. The van der Waals surface area contributed by atoms with E-state index < -0.39 is 16.2 Å². The third-order valence-corrected chi connectivity index (χ3v) is 3.54. The van der Waals surface area contributed by atoms with E-state index in [9.17, 15) is 19.3 Å². The van der Waals surface area contributed by atoms with E-state index in [1.165, 1.54) is 12.3 Å². The van der Waals surface area contributed by atoms with Crippen molar-refractivity contribution >= 4 is 17.2 Å². The predicted octanol–water partition coefficient (Wildman–Crippen LogP) is 2.40. The molecule has 0 unspecified atom stereocenters. The number of fused-ring (bicyclic) bond motifs is 1. The zero-order chi connectivity index (χ0) is 17.1. The molecule has 0 atom stereocenters. The average molecular weight is 328 g/mol. The van der Waals surface area contributed by atoms with Gasteiger partial charge in [-0.2, -0.15) is 0 Å². The summed E-state index contributed by atoms with van der Waals surface area (Å²) in [6.07, 6.45) is 1.72. The molecular formula is C16H13FN4O3. The van der Waals surface area contributed by atoms with Crippen LogP contribution in [0.5, 0.6) is 0 Å². The Kier molecular flexibility index (Phi) is 4.19. The Labute approximate surface area is 135 Å². The zero-order valence-electron chi connectivity index (χ0n) is 12.5. The molecule has 0 spiro atoms. The number of benzene rings is 1. The van der Waals surface area contributed by atoms with Gasteiger partial charge in [-0.1, -0.05) is 24.3 Å². The molecule has 0 bridgehead atoms. The van der Waals surface area contributed by atoms with Crippen molar-refractivity contribution in [1.82, 2.24) is 9.38 Å². The highest BCUT2D eigenvalue weighted by Crippen LogP contribution is 2.18. The number of nitro groups is 1. The van der Waals surface area contributed by atoms with Gasteiger partial charge in [-0.3, -0.25) is 19.3 Å². The molecule has 0 aliphatic heterocycles. The maximum Gasteiger partial charge on any atom is 0.376 e. The fourth-order valence-corrected chi connectivity index (χ4v) is 2.38. The van der Waals surface area contributed by atoms with Gasteiger partial charge in [-0.25, -0.2) is 9.37 Å². The number of hydrogen-bond donors (Lipinski definition) is 1. The maximum atomic E-state index is 13.6. The van der Waals surface area contributed by atoms with Crippen LogP contribution in [0.15, 0.2) is 53.5 Å². The van der Waals surface area contributed by atoms with Gasteiger partial charge in [0.05, 0.1) is 4.92 Å². The summed E-state index contributed by atoms with van der Waals surface area (Å²) in [5.41, 5.74) is -0.627. The van der Waals surface area contributed by atoms with Gasteiger partial charge >= 0.3 is 11.2 Å². The monoisotopic (exact) mass is 328 g/mol. The van der Waals surface area contributed by atoms with E-state index in [1.54, 1.807) is 36.4 Å². The summed E-state index contributed by atoms with van der Waals surface area (Å²) < 4.78 is 14.7. The molecule has 0 aliphatic rings. The molecule has 1 aromatic carbocycles. The number of nitrogens with one attached hydrogen (secondary N) is 1. The van der Waals surface area contributed by atoms with Gasteiger partial charge in [0.25, 0.3) is 0 Å². The van der Waals surface area contributed by atoms with Crippen LogP contribution in [-0.2, 0) is 6.42 Å². The molecule has 8 heteroatoms. The van der Waals surface area contributed by atoms with Crippen LogP contribution in [0.25, 0.3) is 5.65 Å². The third-order valence-electron chi connectivity index (χ3n) is 3.54. The first kappa shape index (κ1) is 15.6. The summed E-state index contributed by atoms with van der Waals surface area (Å²) in [6.45, 7) is 0.206. The van der Waals surface area contributed by atoms with Crippen molar-refractivity contribution in [1.29, 1.82) is 0 Å². The van der Waals surface area contributed by atoms with Gasteiger partial charge in [0.1, 0.15) is 11.5 Å². The average Bonchev–Trinajstić information content (AvgIpc) is 2.56. The minimum Gasteiger partial charge on any atom is -0.364 e. The molecule has 7 nitrogen and oxygen atoms in total. The molecule has 24 heavy (non-hydrogen) atoms. The molecular weight excluding hydrogens is 315 g/mol. The van der Waals surface area contributed by atoms with E-state index in [4.69, 9.17) is 0 Å². The lowest BCUT2D eigenvalue weighted by molar-refractivity contribution is -0.385. The number of nitrogens with zero attached hydrogens (tertiary/aromatic N) is 3. The highest BCUT2D eigenvalue weighted by atomic mass is 19.1. The number of anilines is 1. The summed E-state index contributed by atoms with van der Waals surface area (Å²) in [5.74, 6) is -0.465. The smallest absolute Gasteiger partial charge is 0.364 e. The van der Waals surface area contributed by atoms with Gasteiger partial charge < -0.3 is 5.32 Å². The van der Waals surface area contributed by atoms with Crippen molar-refractivity contribution in [3.8, 4) is 0 Å². The third kappa shape index (κ3) is 2.94. The van der Waals surface area contributed by atoms with Crippen LogP contribution in [-0.4, -0.2) is 20.9 Å². The summed E-state index contributed by atoms with van der Waals surface area (Å²) in [5, 5.41) is 14.0. The van der Waals surface area contributed by atoms with Crippen LogP contribution in [0.4, 0.5) is 15.9 Å². The molecule has 0 saturated carbocycles. The zero-order valence-corrected chi connectivity index (χ0v) is 12.5. The fourth-order valence-electron chi connectivity index (χ4n) is 2.38. The highest BCUT2D eigenvalue weighted by Gasteiger charge is 2.23. The Morgan fingerprint density at radius 3 is 2.71 bits per heavy atom. The van der Waals surface area contributed by atoms with Crippen molar-refractivity contribution in [2.24, 2.45) is 0 Å². The van der Waals surface area contributed by atoms with Gasteiger partial charge in [-0.15, -0.1) is 0 Å². The lowest BCUT2D eigenvalue weighted by Crippen LogP contribution is -2.21. The Morgan fingerprint density at radius 1 is 1.21 bits per heavy atom. The van der Waals surface area contributed by atoms with E-state index in [0.29, 0.717) is 17.6 Å². The van der Waals surface area contributed by atoms with Crippen LogP contribution < -0.4 is 10.9 Å². The molecule has 0 fully saturated rings. The number of halogens is 1. The quantitative estimate of drug-likeness (QED) is 0.574. The first-order valence-electron chi connectivity index (χ1n) is 7.21. The summed E-state index contributed by atoms with van der Waals surface area (Å²) in [7, 11) is 0. The van der Waals surface area contributed by atoms with Crippen LogP contribution in [0.2, 0.25) is 0 Å². The van der Waals surface area contributed by atoms with E-state index in [1.807, 2.05) is 0 Å². The van der Waals surface area contributed by atoms with E-state index >= 15 is 0 Å². The second-order valence-electron chi connectivity index (χ2n) is 5.07. The molecule has 122 valence electrons. The Morgan fingerprint density at radius 2 is 1.96 bits per heavy atom. The largest absolute Gasteiger partial charge is 0.376 e. The van der Waals surface area contributed by atoms with Crippen molar-refractivity contribution < 1.29 is 9.31 Å². The van der Waals surface area contributed by atoms with E-state index in [-0.39, 0.29) is 18.2 Å². The summed E-state index contributed by atoms with van der Waals surface area (Å²) >= 11 is 0. The second-order valence-corrected chi connectivity index (χ2v) is 5.07. The molecule has 3 rings (SSSR count). The van der Waals surface area contributed by atoms with Crippen molar-refractivity contribution in [3.63, 3.8) is 0 Å². The van der Waals surface area contributed by atoms with E-state index in [2.05, 4.69) is 10.3 Å². The van der Waals surface area contributed by atoms with Crippen LogP contribution in [0.1, 0.15) is 5.56 Å². The standard InChI is InChI=1S/C16H13FN4O3/c17-12-6-2-1-5-11(12)8-9-18-15-14(21(23)24)16(22)20-10-4-3-7-13(20)19-15/h1-7,10,18H,8-9H2. The number of aromatic nitrogens is 2. The van der Waals surface area contributed by atoms with Crippen molar-refractivity contribution in [2.75, 3.05) is 11.9 Å². The molecule has 0 amide bonds. The maximum absolute atomic E-state index is 13.6. The summed E-state index contributed by atoms with van der Waals surface area (Å²) in [6, 6.07) is 11.1. The Bertz CT molecular complexity index is 971. The van der Waals surface area contributed by atoms with Crippen molar-refractivity contribution in [3.05, 3.63) is 80.5 Å². The van der Waals surface area contributed by atoms with Crippen LogP contribution in [0.3, 0.4) is 0 Å². The number of hydrogen-bond acceptors (Lipinski definition) is 5. The fraction of sp³-hybridized carbons (Fsp3) is 0.125. The lowest BCUT2D eigenvalue weighted by atomic mass is 10.1. The summed E-state index contributed by atoms with van der Waals surface area (Å²) in [4.78, 5) is 26.8. The molecule has 0 aliphatic carbocycles. The minimum absolute atomic E-state index is 0.118. The molecule has 2 aromatic heterocycles. The molecule has 0 saturated heterocycles. The first-order chi connectivity index (χ1) is 11.6. The van der Waals surface area contributed by atoms with Crippen molar-refractivity contribution in [2.45, 2.75) is 6.42 Å². The number of rotatable bonds is 5. The second kappa shape index (κ2) is 6.45. The molecule has 2 heterocycles. The van der Waals surface area contributed by atoms with Gasteiger partial charge in [0.2, 0.25) is 5.82 Å². The Hall–Kier alpha value is -3.29. The minimum atomic E-state index is -0.765. The Balaban J connectivity index is 1.91. The molecule has 1 N–H and O–H groups in total. The number of pyridine rings is 1. The van der Waals surface area contributed by atoms with Crippen LogP contribution in [0, 0.1) is 15.9 Å². The van der Waals surface area contributed by atoms with Gasteiger partial charge in [0, 0.05) is 12.7 Å². The van der Waals surface area contributed by atoms with Gasteiger partial charge in [-0.05, 0) is 30.2 Å². The SMILES string of the molecule is O=c1c([N+](=O)[O-])c(NCCc2ccccc2F)nc2ccccn12. The first-order valence-corrected chi connectivity index (χ1v) is 7.21. The van der Waals surface area contributed by atoms with Crippen LogP contribution >= 0.6 is 0 Å².